The molecule has 1 radical (unpaired) electrons. The molecule has 0 aliphatic carbocycles. The molecule has 0 amide bonds. The van der Waals surface area contributed by atoms with Crippen molar-refractivity contribution in [3.05, 3.63) is 76.8 Å². The van der Waals surface area contributed by atoms with Crippen molar-refractivity contribution in [2.24, 2.45) is 0 Å². The summed E-state index contributed by atoms with van der Waals surface area (Å²) in [4.78, 5) is 10.2. The highest BCUT2D eigenvalue weighted by atomic mass is 16.6. The molecule has 0 spiro atoms. The van der Waals surface area contributed by atoms with Gasteiger partial charge < -0.3 is 0 Å². The first-order chi connectivity index (χ1) is 8.74. The van der Waals surface area contributed by atoms with Gasteiger partial charge in [0, 0.05) is 10.5 Å². The van der Waals surface area contributed by atoms with Gasteiger partial charge in [0.1, 0.15) is 0 Å². The van der Waals surface area contributed by atoms with E-state index in [-0.39, 0.29) is 0 Å². The van der Waals surface area contributed by atoms with Crippen molar-refractivity contribution < 1.29 is 4.92 Å². The van der Waals surface area contributed by atoms with E-state index in [1.807, 2.05) is 42.5 Å². The van der Waals surface area contributed by atoms with Gasteiger partial charge in [-0.3, -0.25) is 10.1 Å². The Morgan fingerprint density at radius 1 is 0.889 bits per heavy atom. The van der Waals surface area contributed by atoms with Crippen molar-refractivity contribution in [1.82, 2.24) is 0 Å². The molecule has 0 saturated carbocycles. The number of benzene rings is 3. The predicted octanol–water partition coefficient (Wildman–Crippen LogP) is 3.78. The van der Waals surface area contributed by atoms with Crippen LogP contribution in [0, 0.1) is 16.7 Å². The summed E-state index contributed by atoms with van der Waals surface area (Å²) >= 11 is 0. The highest BCUT2D eigenvalue weighted by molar-refractivity contribution is 5.99. The maximum Gasteiger partial charge on any atom is 0.308 e. The van der Waals surface area contributed by atoms with Gasteiger partial charge in [-0.2, -0.15) is 0 Å². The molecule has 3 aromatic carbocycles. The van der Waals surface area contributed by atoms with Crippen LogP contribution in [0.3, 0.4) is 0 Å². The first kappa shape index (κ1) is 10.7. The van der Waals surface area contributed by atoms with E-state index in [0.717, 1.165) is 28.1 Å². The van der Waals surface area contributed by atoms with Gasteiger partial charge in [-0.15, -0.1) is 0 Å². The van der Waals surface area contributed by atoms with E-state index < -0.39 is 4.92 Å². The van der Waals surface area contributed by atoms with E-state index in [4.69, 9.17) is 0 Å². The zero-order chi connectivity index (χ0) is 12.5. The molecule has 0 aliphatic rings. The molecule has 0 unspecified atom stereocenters. The standard InChI is InChI=1S/C15H10NO2/c17-16(18)10-14-7-3-6-13-8-11-4-1-2-5-12(11)9-15(13)14/h1-10H. The normalized spacial score (nSPS) is 10.9. The highest BCUT2D eigenvalue weighted by Crippen LogP contribution is 2.26. The third-order valence-corrected chi connectivity index (χ3v) is 3.02. The lowest BCUT2D eigenvalue weighted by Crippen LogP contribution is -1.95. The lowest BCUT2D eigenvalue weighted by molar-refractivity contribution is -0.429. The average molecular weight is 236 g/mol. The fourth-order valence-corrected chi connectivity index (χ4v) is 2.22. The minimum absolute atomic E-state index is 0.413. The fraction of sp³-hybridized carbons (Fsp3) is 0. The Bertz CT molecular complexity index is 750. The van der Waals surface area contributed by atoms with Crippen LogP contribution in [0.2, 0.25) is 0 Å². The monoisotopic (exact) mass is 236 g/mol. The summed E-state index contributed by atoms with van der Waals surface area (Å²) in [5.41, 5.74) is 0.642. The Morgan fingerprint density at radius 3 is 2.28 bits per heavy atom. The smallest absolute Gasteiger partial charge is 0.264 e. The number of hydrogen-bond donors (Lipinski definition) is 0. The van der Waals surface area contributed by atoms with Crippen LogP contribution in [0.5, 0.6) is 0 Å². The number of nitrogens with zero attached hydrogens (tertiary/aromatic N) is 1. The van der Waals surface area contributed by atoms with Crippen LogP contribution in [0.15, 0.2) is 54.6 Å². The summed E-state index contributed by atoms with van der Waals surface area (Å²) in [5.74, 6) is 0. The summed E-state index contributed by atoms with van der Waals surface area (Å²) in [7, 11) is 0. The molecule has 0 N–H and O–H groups in total. The van der Waals surface area contributed by atoms with Crippen LogP contribution < -0.4 is 0 Å². The third-order valence-electron chi connectivity index (χ3n) is 3.02. The van der Waals surface area contributed by atoms with E-state index in [1.165, 1.54) is 0 Å². The maximum absolute atomic E-state index is 10.6. The van der Waals surface area contributed by atoms with Gasteiger partial charge in [0.15, 0.2) is 0 Å². The van der Waals surface area contributed by atoms with Crippen LogP contribution in [0.4, 0.5) is 0 Å². The summed E-state index contributed by atoms with van der Waals surface area (Å²) in [5, 5.41) is 14.8. The van der Waals surface area contributed by atoms with Gasteiger partial charge in [-0.25, -0.2) is 0 Å². The molecule has 0 saturated heterocycles. The van der Waals surface area contributed by atoms with E-state index >= 15 is 0 Å². The second kappa shape index (κ2) is 4.11. The highest BCUT2D eigenvalue weighted by Gasteiger charge is 2.09. The molecule has 3 nitrogen and oxygen atoms in total. The molecular weight excluding hydrogens is 226 g/mol. The van der Waals surface area contributed by atoms with Crippen LogP contribution in [0.25, 0.3) is 21.5 Å². The van der Waals surface area contributed by atoms with E-state index in [2.05, 4.69) is 6.07 Å². The zero-order valence-corrected chi connectivity index (χ0v) is 9.54. The summed E-state index contributed by atoms with van der Waals surface area (Å²) in [6.45, 7) is 1.05. The SMILES string of the molecule is O=[N+]([O-])[CH]c1cccc2cc3ccccc3cc12. The quantitative estimate of drug-likeness (QED) is 0.386. The molecule has 0 atom stereocenters. The first-order valence-electron chi connectivity index (χ1n) is 5.64. The van der Waals surface area contributed by atoms with E-state index in [1.54, 1.807) is 6.07 Å². The van der Waals surface area contributed by atoms with Crippen LogP contribution in [-0.2, 0) is 0 Å². The topological polar surface area (TPSA) is 43.1 Å². The van der Waals surface area contributed by atoms with Gasteiger partial charge in [0.2, 0.25) is 0 Å². The number of fused-ring (bicyclic) bond motifs is 2. The molecule has 3 heteroatoms. The second-order valence-electron chi connectivity index (χ2n) is 4.18. The van der Waals surface area contributed by atoms with Gasteiger partial charge in [-0.05, 0) is 33.7 Å². The number of nitro groups is 1. The van der Waals surface area contributed by atoms with E-state index in [9.17, 15) is 10.1 Å². The third kappa shape index (κ3) is 1.80. The lowest BCUT2D eigenvalue weighted by atomic mass is 10.00. The second-order valence-corrected chi connectivity index (χ2v) is 4.18. The van der Waals surface area contributed by atoms with E-state index in [0.29, 0.717) is 5.56 Å². The Kier molecular flexibility index (Phi) is 2.45. The first-order valence-corrected chi connectivity index (χ1v) is 5.64. The molecule has 0 aliphatic heterocycles. The average Bonchev–Trinajstić information content (AvgIpc) is 2.36. The van der Waals surface area contributed by atoms with Crippen molar-refractivity contribution in [2.75, 3.05) is 0 Å². The minimum Gasteiger partial charge on any atom is -0.264 e. The van der Waals surface area contributed by atoms with Crippen molar-refractivity contribution >= 4 is 21.5 Å². The number of hydrogen-bond acceptors (Lipinski definition) is 2. The van der Waals surface area contributed by atoms with Gasteiger partial charge in [-0.1, -0.05) is 42.5 Å². The Morgan fingerprint density at radius 2 is 1.56 bits per heavy atom. The van der Waals surface area contributed by atoms with Crippen molar-refractivity contribution in [3.63, 3.8) is 0 Å². The predicted molar refractivity (Wildman–Crippen MR) is 71.9 cm³/mol. The Hall–Kier alpha value is -2.42. The molecule has 0 aromatic heterocycles. The Balaban J connectivity index is 2.32. The summed E-state index contributed by atoms with van der Waals surface area (Å²) in [6, 6.07) is 17.6. The Labute approximate surface area is 104 Å². The fourth-order valence-electron chi connectivity index (χ4n) is 2.22. The zero-order valence-electron chi connectivity index (χ0n) is 9.54. The molecule has 0 heterocycles. The van der Waals surface area contributed by atoms with Crippen LogP contribution >= 0.6 is 0 Å². The van der Waals surface area contributed by atoms with Crippen LogP contribution in [0.1, 0.15) is 5.56 Å². The lowest BCUT2D eigenvalue weighted by Gasteiger charge is -2.04. The van der Waals surface area contributed by atoms with Crippen molar-refractivity contribution in [2.45, 2.75) is 0 Å². The van der Waals surface area contributed by atoms with Gasteiger partial charge >= 0.3 is 6.54 Å². The molecule has 0 fully saturated rings. The van der Waals surface area contributed by atoms with Crippen molar-refractivity contribution in [3.8, 4) is 0 Å². The van der Waals surface area contributed by atoms with Gasteiger partial charge in [0.05, 0.1) is 0 Å². The summed E-state index contributed by atoms with van der Waals surface area (Å²) in [6.07, 6.45) is 0. The van der Waals surface area contributed by atoms with Crippen molar-refractivity contribution in [1.29, 1.82) is 0 Å². The molecule has 18 heavy (non-hydrogen) atoms. The molecule has 3 aromatic rings. The molecule has 3 rings (SSSR count). The number of rotatable bonds is 2. The molecule has 87 valence electrons. The van der Waals surface area contributed by atoms with Crippen LogP contribution in [-0.4, -0.2) is 4.92 Å². The minimum atomic E-state index is -0.413. The van der Waals surface area contributed by atoms with Gasteiger partial charge in [0.25, 0.3) is 0 Å². The maximum atomic E-state index is 10.6. The molecule has 0 bridgehead atoms. The summed E-state index contributed by atoms with van der Waals surface area (Å²) < 4.78 is 0. The molecular formula is C15H10NO2. The largest absolute Gasteiger partial charge is 0.308 e.